The van der Waals surface area contributed by atoms with Gasteiger partial charge in [-0.1, -0.05) is 0 Å². The molecule has 37 valence electrons. The van der Waals surface area contributed by atoms with Gasteiger partial charge in [-0.25, -0.2) is 0 Å². The third-order valence-electron chi connectivity index (χ3n) is 0.232. The van der Waals surface area contributed by atoms with E-state index in [0.717, 1.165) is 0 Å². The fourth-order valence-electron chi connectivity index (χ4n) is 0.0373. The van der Waals surface area contributed by atoms with Crippen LogP contribution in [0.15, 0.2) is 0 Å². The van der Waals surface area contributed by atoms with Crippen LogP contribution in [-0.4, -0.2) is 16.4 Å². The maximum atomic E-state index is 7.74. The molecule has 1 saturated heterocycles. The van der Waals surface area contributed by atoms with Gasteiger partial charge < -0.3 is 11.6 Å². The van der Waals surface area contributed by atoms with Crippen molar-refractivity contribution in [1.82, 2.24) is 0 Å². The molecule has 7 heavy (non-hydrogen) atoms. The number of hydrogen-bond acceptors (Lipinski definition) is 4. The van der Waals surface area contributed by atoms with Gasteiger partial charge in [-0.15, -0.1) is 9.78 Å². The van der Waals surface area contributed by atoms with Gasteiger partial charge in [0.1, 0.15) is 0 Å². The Hall–Kier alpha value is 1.42. The zero-order valence-corrected chi connectivity index (χ0v) is 7.05. The summed E-state index contributed by atoms with van der Waals surface area (Å²) in [4.78, 5) is 7.01. The average Bonchev–Trinajstić information content (AvgIpc) is 1.76. The monoisotopic (exact) mass is 153 g/mol. The van der Waals surface area contributed by atoms with Gasteiger partial charge in [-0.05, 0) is 0 Å². The molecular weight excluding hydrogens is 150 g/mol. The topological polar surface area (TPSA) is 65.5 Å². The Labute approximate surface area is 75.4 Å². The van der Waals surface area contributed by atoms with Crippen LogP contribution in [-0.2, 0) is 28.3 Å². The molecule has 2 N–H and O–H groups in total. The second-order valence-electron chi connectivity index (χ2n) is 0.715. The molecule has 0 spiro atoms. The van der Waals surface area contributed by atoms with Gasteiger partial charge in [0.05, 0.1) is 0 Å². The van der Waals surface area contributed by atoms with E-state index < -0.39 is 6.16 Å². The van der Waals surface area contributed by atoms with Crippen LogP contribution in [0.5, 0.6) is 0 Å². The smallest absolute Gasteiger partial charge is 1.00 e. The second-order valence-corrected chi connectivity index (χ2v) is 0.715. The Balaban J connectivity index is -0.0000000833. The van der Waals surface area contributed by atoms with E-state index in [0.29, 0.717) is 0 Å². The van der Waals surface area contributed by atoms with Crippen molar-refractivity contribution in [3.63, 3.8) is 0 Å². The third kappa shape index (κ3) is 5.29. The Kier molecular flexibility index (Phi) is 5.55. The largest absolute Gasteiger partial charge is 1.00 e. The average molecular weight is 153 g/mol. The standard InChI is InChI=1S/CH2O4.Na.V.H/c2-1(3)4-5-1;;;/h2-3H;;;/q;+1;;-1. The molecule has 4 nitrogen and oxygen atoms in total. The van der Waals surface area contributed by atoms with Crippen LogP contribution in [0, 0.1) is 0 Å². The molecule has 0 aliphatic carbocycles. The SMILES string of the molecule is OC1(O)OO1.[H-].[Na+].[V]. The molecule has 1 fully saturated rings. The van der Waals surface area contributed by atoms with E-state index in [1.807, 2.05) is 0 Å². The molecule has 1 radical (unpaired) electrons. The molecule has 0 saturated carbocycles. The Morgan fingerprint density at radius 2 is 1.43 bits per heavy atom. The van der Waals surface area contributed by atoms with E-state index in [2.05, 4.69) is 9.78 Å². The van der Waals surface area contributed by atoms with Crippen molar-refractivity contribution in [2.75, 3.05) is 0 Å². The molecule has 0 aromatic heterocycles. The number of hydrogen-bond donors (Lipinski definition) is 2. The zero-order valence-electron chi connectivity index (χ0n) is 4.66. The van der Waals surface area contributed by atoms with Gasteiger partial charge in [-0.3, -0.25) is 0 Å². The first-order valence-electron chi connectivity index (χ1n) is 1.02. The van der Waals surface area contributed by atoms with Crippen LogP contribution in [0.1, 0.15) is 1.43 Å². The maximum Gasteiger partial charge on any atom is 1.00 e. The third-order valence-corrected chi connectivity index (χ3v) is 0.232. The summed E-state index contributed by atoms with van der Waals surface area (Å²) in [5.74, 6) is 0. The number of aliphatic hydroxyl groups is 2. The summed E-state index contributed by atoms with van der Waals surface area (Å²) in [7, 11) is 0. The van der Waals surface area contributed by atoms with Crippen LogP contribution >= 0.6 is 0 Å². The van der Waals surface area contributed by atoms with Crippen molar-refractivity contribution in [1.29, 1.82) is 0 Å². The molecule has 0 aromatic rings. The molecule has 0 unspecified atom stereocenters. The summed E-state index contributed by atoms with van der Waals surface area (Å²) >= 11 is 0. The van der Waals surface area contributed by atoms with E-state index in [9.17, 15) is 0 Å². The van der Waals surface area contributed by atoms with Crippen molar-refractivity contribution in [2.24, 2.45) is 0 Å². The van der Waals surface area contributed by atoms with Gasteiger partial charge in [0, 0.05) is 18.6 Å². The van der Waals surface area contributed by atoms with E-state index in [1.165, 1.54) is 0 Å². The zero-order chi connectivity index (χ0) is 3.91. The Morgan fingerprint density at radius 1 is 1.29 bits per heavy atom. The van der Waals surface area contributed by atoms with E-state index >= 15 is 0 Å². The fourth-order valence-corrected chi connectivity index (χ4v) is 0.0373. The predicted molar refractivity (Wildman–Crippen MR) is 10.5 cm³/mol. The molecule has 0 bridgehead atoms. The summed E-state index contributed by atoms with van der Waals surface area (Å²) in [5, 5.41) is 15.5. The summed E-state index contributed by atoms with van der Waals surface area (Å²) in [6, 6.07) is 0. The van der Waals surface area contributed by atoms with Gasteiger partial charge in [-0.2, -0.15) is 0 Å². The van der Waals surface area contributed by atoms with Crippen molar-refractivity contribution < 1.29 is 69.5 Å². The second kappa shape index (κ2) is 3.45. The molecule has 0 amide bonds. The molecule has 6 heteroatoms. The minimum absolute atomic E-state index is 0. The van der Waals surface area contributed by atoms with Crippen LogP contribution in [0.25, 0.3) is 0 Å². The van der Waals surface area contributed by atoms with Crippen LogP contribution < -0.4 is 29.6 Å². The van der Waals surface area contributed by atoms with Gasteiger partial charge in [0.25, 0.3) is 0 Å². The molecule has 1 heterocycles. The van der Waals surface area contributed by atoms with Crippen LogP contribution in [0.2, 0.25) is 0 Å². The summed E-state index contributed by atoms with van der Waals surface area (Å²) < 4.78 is 0. The quantitative estimate of drug-likeness (QED) is 0.160. The van der Waals surface area contributed by atoms with Crippen molar-refractivity contribution in [2.45, 2.75) is 6.16 Å². The van der Waals surface area contributed by atoms with E-state index in [1.54, 1.807) is 0 Å². The Bertz CT molecular complexity index is 54.0. The fraction of sp³-hybridized carbons (Fsp3) is 1.00. The predicted octanol–water partition coefficient (Wildman–Crippen LogP) is -4.34. The van der Waals surface area contributed by atoms with Gasteiger partial charge in [0.2, 0.25) is 0 Å². The Morgan fingerprint density at radius 3 is 1.43 bits per heavy atom. The summed E-state index contributed by atoms with van der Waals surface area (Å²) in [6.07, 6.45) is -2.25. The summed E-state index contributed by atoms with van der Waals surface area (Å²) in [6.45, 7) is 0. The first-order chi connectivity index (χ1) is 2.21. The molecule has 1 aliphatic heterocycles. The first kappa shape index (κ1) is 11.3. The van der Waals surface area contributed by atoms with Crippen molar-refractivity contribution >= 4 is 0 Å². The normalized spacial score (nSPS) is 21.4. The first-order valence-corrected chi connectivity index (χ1v) is 1.02. The molecule has 1 rings (SSSR count). The molecular formula is CH3NaO4V. The minimum atomic E-state index is -2.25. The minimum Gasteiger partial charge on any atom is -1.00 e. The van der Waals surface area contributed by atoms with Crippen molar-refractivity contribution in [3.8, 4) is 0 Å². The van der Waals surface area contributed by atoms with Crippen LogP contribution in [0.3, 0.4) is 0 Å². The summed E-state index contributed by atoms with van der Waals surface area (Å²) in [5.41, 5.74) is 0. The maximum absolute atomic E-state index is 7.74. The van der Waals surface area contributed by atoms with E-state index in [4.69, 9.17) is 10.2 Å². The van der Waals surface area contributed by atoms with Gasteiger partial charge >= 0.3 is 35.7 Å². The molecule has 0 atom stereocenters. The van der Waals surface area contributed by atoms with Crippen LogP contribution in [0.4, 0.5) is 0 Å². The molecule has 0 aromatic carbocycles. The van der Waals surface area contributed by atoms with Gasteiger partial charge in [0.15, 0.2) is 0 Å². The van der Waals surface area contributed by atoms with E-state index in [-0.39, 0.29) is 49.5 Å². The van der Waals surface area contributed by atoms with Crippen molar-refractivity contribution in [3.05, 3.63) is 0 Å². The number of rotatable bonds is 0. The molecule has 1 aliphatic rings.